The van der Waals surface area contributed by atoms with Crippen molar-refractivity contribution in [3.05, 3.63) is 23.8 Å². The van der Waals surface area contributed by atoms with Gasteiger partial charge in [-0.1, -0.05) is 25.7 Å². The number of phenols is 1. The fourth-order valence-corrected chi connectivity index (χ4v) is 2.57. The van der Waals surface area contributed by atoms with Gasteiger partial charge in [0.15, 0.2) is 0 Å². The van der Waals surface area contributed by atoms with Crippen molar-refractivity contribution in [3.63, 3.8) is 0 Å². The lowest BCUT2D eigenvalue weighted by atomic mass is 9.99. The van der Waals surface area contributed by atoms with Gasteiger partial charge in [0.1, 0.15) is 11.3 Å². The number of carbonyl (C=O) groups is 2. The molecule has 20 heavy (non-hydrogen) atoms. The predicted molar refractivity (Wildman–Crippen MR) is 74.9 cm³/mol. The van der Waals surface area contributed by atoms with E-state index in [1.54, 1.807) is 0 Å². The summed E-state index contributed by atoms with van der Waals surface area (Å²) in [7, 11) is 0. The van der Waals surface area contributed by atoms with Crippen LogP contribution in [0.15, 0.2) is 18.2 Å². The Bertz CT molecular complexity index is 505. The molecular weight excluding hydrogens is 258 g/mol. The summed E-state index contributed by atoms with van der Waals surface area (Å²) in [5.41, 5.74) is 0.207. The van der Waals surface area contributed by atoms with E-state index in [4.69, 9.17) is 5.11 Å². The summed E-state index contributed by atoms with van der Waals surface area (Å²) in [6.45, 7) is 0. The van der Waals surface area contributed by atoms with Crippen molar-refractivity contribution in [3.8, 4) is 5.75 Å². The molecule has 1 saturated carbocycles. The van der Waals surface area contributed by atoms with Gasteiger partial charge < -0.3 is 15.5 Å². The molecule has 0 aromatic heterocycles. The van der Waals surface area contributed by atoms with Crippen molar-refractivity contribution >= 4 is 17.6 Å². The van der Waals surface area contributed by atoms with Gasteiger partial charge in [-0.25, -0.2) is 4.79 Å². The van der Waals surface area contributed by atoms with Crippen molar-refractivity contribution < 1.29 is 19.8 Å². The Morgan fingerprint density at radius 2 is 1.75 bits per heavy atom. The van der Waals surface area contributed by atoms with Gasteiger partial charge in [0.25, 0.3) is 0 Å². The minimum absolute atomic E-state index is 0.000388. The Labute approximate surface area is 117 Å². The van der Waals surface area contributed by atoms with Crippen LogP contribution in [-0.4, -0.2) is 22.1 Å². The molecule has 0 unspecified atom stereocenters. The Morgan fingerprint density at radius 1 is 1.10 bits per heavy atom. The number of amides is 1. The Hall–Kier alpha value is -2.04. The van der Waals surface area contributed by atoms with E-state index < -0.39 is 5.97 Å². The van der Waals surface area contributed by atoms with Gasteiger partial charge in [0.05, 0.1) is 0 Å². The van der Waals surface area contributed by atoms with Crippen LogP contribution in [-0.2, 0) is 4.79 Å². The van der Waals surface area contributed by atoms with Gasteiger partial charge in [-0.3, -0.25) is 4.79 Å². The first-order valence-corrected chi connectivity index (χ1v) is 6.95. The van der Waals surface area contributed by atoms with Crippen LogP contribution in [0.3, 0.4) is 0 Å². The maximum absolute atomic E-state index is 12.2. The maximum Gasteiger partial charge on any atom is 0.339 e. The molecule has 108 valence electrons. The molecule has 0 radical (unpaired) electrons. The second-order valence-corrected chi connectivity index (χ2v) is 5.21. The number of carbonyl (C=O) groups excluding carboxylic acids is 1. The molecule has 5 nitrogen and oxygen atoms in total. The lowest BCUT2D eigenvalue weighted by Gasteiger charge is -2.14. The highest BCUT2D eigenvalue weighted by Crippen LogP contribution is 2.26. The number of aromatic hydroxyl groups is 1. The summed E-state index contributed by atoms with van der Waals surface area (Å²) >= 11 is 0. The predicted octanol–water partition coefficient (Wildman–Crippen LogP) is 3.00. The highest BCUT2D eigenvalue weighted by molar-refractivity contribution is 5.96. The van der Waals surface area contributed by atoms with Crippen molar-refractivity contribution in [2.45, 2.75) is 38.5 Å². The van der Waals surface area contributed by atoms with Crippen LogP contribution < -0.4 is 5.32 Å². The first-order chi connectivity index (χ1) is 9.58. The SMILES string of the molecule is O=C(O)c1cc(NC(=O)C2CCCCCC2)ccc1O. The maximum atomic E-state index is 12.2. The molecule has 3 N–H and O–H groups in total. The molecule has 0 spiro atoms. The number of carboxylic acid groups (broad SMARTS) is 1. The second kappa shape index (κ2) is 6.41. The van der Waals surface area contributed by atoms with E-state index >= 15 is 0 Å². The Morgan fingerprint density at radius 3 is 2.35 bits per heavy atom. The Balaban J connectivity index is 2.07. The minimum Gasteiger partial charge on any atom is -0.507 e. The zero-order chi connectivity index (χ0) is 14.5. The number of rotatable bonds is 3. The first kappa shape index (κ1) is 14.4. The van der Waals surface area contributed by atoms with Crippen molar-refractivity contribution in [2.75, 3.05) is 5.32 Å². The number of hydrogen-bond acceptors (Lipinski definition) is 3. The van der Waals surface area contributed by atoms with Crippen LogP contribution in [0.5, 0.6) is 5.75 Å². The van der Waals surface area contributed by atoms with Crippen LogP contribution in [0.1, 0.15) is 48.9 Å². The molecule has 5 heteroatoms. The normalized spacial score (nSPS) is 16.4. The fraction of sp³-hybridized carbons (Fsp3) is 0.467. The zero-order valence-electron chi connectivity index (χ0n) is 11.3. The average molecular weight is 277 g/mol. The largest absolute Gasteiger partial charge is 0.507 e. The van der Waals surface area contributed by atoms with Crippen LogP contribution in [0.4, 0.5) is 5.69 Å². The first-order valence-electron chi connectivity index (χ1n) is 6.95. The number of hydrogen-bond donors (Lipinski definition) is 3. The smallest absolute Gasteiger partial charge is 0.339 e. The van der Waals surface area contributed by atoms with E-state index in [-0.39, 0.29) is 23.1 Å². The Kier molecular flexibility index (Phi) is 4.61. The van der Waals surface area contributed by atoms with Gasteiger partial charge in [0.2, 0.25) is 5.91 Å². The molecule has 1 aliphatic carbocycles. The topological polar surface area (TPSA) is 86.6 Å². The number of aromatic carboxylic acids is 1. The van der Waals surface area contributed by atoms with Crippen LogP contribution in [0.2, 0.25) is 0 Å². The van der Waals surface area contributed by atoms with Gasteiger partial charge in [-0.2, -0.15) is 0 Å². The van der Waals surface area contributed by atoms with Crippen LogP contribution in [0, 0.1) is 5.92 Å². The van der Waals surface area contributed by atoms with E-state index in [0.29, 0.717) is 5.69 Å². The standard InChI is InChI=1S/C15H19NO4/c17-13-8-7-11(9-12(13)15(19)20)16-14(18)10-5-3-1-2-4-6-10/h7-10,17H,1-6H2,(H,16,18)(H,19,20). The summed E-state index contributed by atoms with van der Waals surface area (Å²) in [5, 5.41) is 21.1. The molecule has 1 fully saturated rings. The van der Waals surface area contributed by atoms with Gasteiger partial charge in [-0.05, 0) is 31.0 Å². The lowest BCUT2D eigenvalue weighted by molar-refractivity contribution is -0.120. The summed E-state index contributed by atoms with van der Waals surface area (Å²) in [5.74, 6) is -1.58. The quantitative estimate of drug-likeness (QED) is 0.585. The van der Waals surface area contributed by atoms with Gasteiger partial charge in [0, 0.05) is 11.6 Å². The minimum atomic E-state index is -1.21. The molecule has 0 bridgehead atoms. The number of anilines is 1. The molecule has 1 amide bonds. The molecule has 1 aliphatic rings. The van der Waals surface area contributed by atoms with Crippen molar-refractivity contribution in [1.82, 2.24) is 0 Å². The van der Waals surface area contributed by atoms with Crippen molar-refractivity contribution in [2.24, 2.45) is 5.92 Å². The lowest BCUT2D eigenvalue weighted by Crippen LogP contribution is -2.22. The number of nitrogens with one attached hydrogen (secondary N) is 1. The second-order valence-electron chi connectivity index (χ2n) is 5.21. The highest BCUT2D eigenvalue weighted by Gasteiger charge is 2.20. The number of benzene rings is 1. The molecule has 0 heterocycles. The third-order valence-electron chi connectivity index (χ3n) is 3.72. The summed E-state index contributed by atoms with van der Waals surface area (Å²) in [6, 6.07) is 4.08. The van der Waals surface area contributed by atoms with Gasteiger partial charge >= 0.3 is 5.97 Å². The van der Waals surface area contributed by atoms with E-state index in [1.807, 2.05) is 0 Å². The van der Waals surface area contributed by atoms with Gasteiger partial charge in [-0.15, -0.1) is 0 Å². The molecule has 0 aliphatic heterocycles. The molecule has 2 rings (SSSR count). The number of carboxylic acids is 1. The third kappa shape index (κ3) is 3.50. The zero-order valence-corrected chi connectivity index (χ0v) is 11.3. The molecule has 0 atom stereocenters. The summed E-state index contributed by atoms with van der Waals surface area (Å²) < 4.78 is 0. The molecule has 0 saturated heterocycles. The fourth-order valence-electron chi connectivity index (χ4n) is 2.57. The van der Waals surface area contributed by atoms with Crippen LogP contribution >= 0.6 is 0 Å². The van der Waals surface area contributed by atoms with Crippen molar-refractivity contribution in [1.29, 1.82) is 0 Å². The van der Waals surface area contributed by atoms with Crippen LogP contribution in [0.25, 0.3) is 0 Å². The highest BCUT2D eigenvalue weighted by atomic mass is 16.4. The summed E-state index contributed by atoms with van der Waals surface area (Å²) in [4.78, 5) is 23.1. The van der Waals surface area contributed by atoms with E-state index in [2.05, 4.69) is 5.32 Å². The molecule has 1 aromatic rings. The monoisotopic (exact) mass is 277 g/mol. The van der Waals surface area contributed by atoms with E-state index in [0.717, 1.165) is 25.7 Å². The summed E-state index contributed by atoms with van der Waals surface area (Å²) in [6.07, 6.45) is 6.24. The molecular formula is C15H19NO4. The van der Waals surface area contributed by atoms with E-state index in [1.165, 1.54) is 31.0 Å². The third-order valence-corrected chi connectivity index (χ3v) is 3.72. The van der Waals surface area contributed by atoms with E-state index in [9.17, 15) is 14.7 Å². The molecule has 1 aromatic carbocycles. The average Bonchev–Trinajstić information content (AvgIpc) is 2.69.